The Morgan fingerprint density at radius 1 is 1.18 bits per heavy atom. The summed E-state index contributed by atoms with van der Waals surface area (Å²) in [6, 6.07) is 3.77. The van der Waals surface area contributed by atoms with Crippen molar-refractivity contribution in [1.82, 2.24) is 15.0 Å². The average molecular weight is 295 g/mol. The molecule has 0 bridgehead atoms. The highest BCUT2D eigenvalue weighted by Gasteiger charge is 2.13. The third-order valence-electron chi connectivity index (χ3n) is 2.70. The van der Waals surface area contributed by atoms with Crippen LogP contribution in [0.3, 0.4) is 0 Å². The zero-order valence-electron chi connectivity index (χ0n) is 9.14. The van der Waals surface area contributed by atoms with E-state index in [-0.39, 0.29) is 0 Å². The zero-order valence-corrected chi connectivity index (χ0v) is 10.7. The number of nitrogens with zero attached hydrogens (tertiary/aromatic N) is 4. The molecule has 2 aromatic heterocycles. The summed E-state index contributed by atoms with van der Waals surface area (Å²) in [6.07, 6.45) is 1.79. The average Bonchev–Trinajstić information content (AvgIpc) is 2.39. The van der Waals surface area contributed by atoms with Crippen LogP contribution < -0.4 is 4.90 Å². The van der Waals surface area contributed by atoms with Crippen molar-refractivity contribution in [2.75, 3.05) is 31.2 Å². The van der Waals surface area contributed by atoms with E-state index in [1.165, 1.54) is 0 Å². The maximum atomic E-state index is 5.31. The Hall–Kier alpha value is -1.27. The van der Waals surface area contributed by atoms with Crippen LogP contribution in [0.2, 0.25) is 0 Å². The molecule has 3 heterocycles. The molecule has 3 rings (SSSR count). The first kappa shape index (κ1) is 10.9. The van der Waals surface area contributed by atoms with E-state index in [0.29, 0.717) is 5.65 Å². The summed E-state index contributed by atoms with van der Waals surface area (Å²) in [5.74, 6) is 0.867. The van der Waals surface area contributed by atoms with Gasteiger partial charge in [0.25, 0.3) is 0 Å². The Kier molecular flexibility index (Phi) is 2.90. The summed E-state index contributed by atoms with van der Waals surface area (Å²) in [7, 11) is 0. The van der Waals surface area contributed by atoms with Gasteiger partial charge in [-0.15, -0.1) is 0 Å². The van der Waals surface area contributed by atoms with E-state index in [2.05, 4.69) is 35.8 Å². The molecule has 17 heavy (non-hydrogen) atoms. The number of fused-ring (bicyclic) bond motifs is 1. The Labute approximate surface area is 107 Å². The molecule has 0 amide bonds. The Morgan fingerprint density at radius 2 is 2.00 bits per heavy atom. The van der Waals surface area contributed by atoms with Gasteiger partial charge in [0, 0.05) is 13.1 Å². The summed E-state index contributed by atoms with van der Waals surface area (Å²) >= 11 is 3.34. The lowest BCUT2D eigenvalue weighted by atomic mass is 10.4. The van der Waals surface area contributed by atoms with Crippen LogP contribution >= 0.6 is 15.9 Å². The summed E-state index contributed by atoms with van der Waals surface area (Å²) in [5, 5.41) is 0. The normalized spacial score (nSPS) is 16.4. The van der Waals surface area contributed by atoms with Crippen molar-refractivity contribution < 1.29 is 4.74 Å². The number of aromatic nitrogens is 3. The summed E-state index contributed by atoms with van der Waals surface area (Å²) in [5.41, 5.74) is 1.48. The van der Waals surface area contributed by atoms with Gasteiger partial charge in [0.15, 0.2) is 5.65 Å². The maximum Gasteiger partial charge on any atom is 0.181 e. The van der Waals surface area contributed by atoms with Crippen molar-refractivity contribution in [3.63, 3.8) is 0 Å². The molecular formula is C11H11BrN4O. The van der Waals surface area contributed by atoms with E-state index in [4.69, 9.17) is 4.74 Å². The van der Waals surface area contributed by atoms with Crippen LogP contribution in [0.1, 0.15) is 0 Å². The molecule has 1 aliphatic rings. The minimum absolute atomic E-state index is 0.670. The minimum Gasteiger partial charge on any atom is -0.378 e. The smallest absolute Gasteiger partial charge is 0.181 e. The SMILES string of the molecule is Brc1ccc2ncc(N3CCOCC3)nc2n1. The number of pyridine rings is 1. The zero-order chi connectivity index (χ0) is 11.7. The van der Waals surface area contributed by atoms with Gasteiger partial charge < -0.3 is 9.64 Å². The number of morpholine rings is 1. The largest absolute Gasteiger partial charge is 0.378 e. The molecule has 0 unspecified atom stereocenters. The number of hydrogen-bond acceptors (Lipinski definition) is 5. The second-order valence-electron chi connectivity index (χ2n) is 3.80. The van der Waals surface area contributed by atoms with Crippen LogP contribution in [-0.2, 0) is 4.74 Å². The number of anilines is 1. The number of halogens is 1. The molecule has 1 aliphatic heterocycles. The minimum atomic E-state index is 0.670. The summed E-state index contributed by atoms with van der Waals surface area (Å²) in [4.78, 5) is 15.4. The molecule has 1 fully saturated rings. The van der Waals surface area contributed by atoms with Crippen molar-refractivity contribution in [3.8, 4) is 0 Å². The van der Waals surface area contributed by atoms with Gasteiger partial charge in [-0.2, -0.15) is 0 Å². The summed E-state index contributed by atoms with van der Waals surface area (Å²) < 4.78 is 6.09. The Bertz CT molecular complexity index is 542. The van der Waals surface area contributed by atoms with Gasteiger partial charge in [0.05, 0.1) is 19.4 Å². The van der Waals surface area contributed by atoms with Crippen molar-refractivity contribution in [2.24, 2.45) is 0 Å². The number of ether oxygens (including phenoxy) is 1. The van der Waals surface area contributed by atoms with Crippen LogP contribution in [0, 0.1) is 0 Å². The van der Waals surface area contributed by atoms with Gasteiger partial charge in [0.2, 0.25) is 0 Å². The monoisotopic (exact) mass is 294 g/mol. The highest BCUT2D eigenvalue weighted by Crippen LogP contribution is 2.17. The fourth-order valence-electron chi connectivity index (χ4n) is 1.81. The quantitative estimate of drug-likeness (QED) is 0.748. The molecule has 0 atom stereocenters. The van der Waals surface area contributed by atoms with Gasteiger partial charge >= 0.3 is 0 Å². The van der Waals surface area contributed by atoms with E-state index in [9.17, 15) is 0 Å². The second kappa shape index (κ2) is 4.54. The summed E-state index contributed by atoms with van der Waals surface area (Å²) in [6.45, 7) is 3.19. The first-order valence-corrected chi connectivity index (χ1v) is 6.24. The van der Waals surface area contributed by atoms with Crippen LogP contribution in [0.15, 0.2) is 22.9 Å². The van der Waals surface area contributed by atoms with Gasteiger partial charge in [-0.05, 0) is 28.1 Å². The lowest BCUT2D eigenvalue weighted by Crippen LogP contribution is -2.36. The number of hydrogen-bond donors (Lipinski definition) is 0. The third kappa shape index (κ3) is 2.23. The predicted molar refractivity (Wildman–Crippen MR) is 68.1 cm³/mol. The predicted octanol–water partition coefficient (Wildman–Crippen LogP) is 1.62. The Balaban J connectivity index is 1.99. The molecular weight excluding hydrogens is 284 g/mol. The molecule has 5 nitrogen and oxygen atoms in total. The highest BCUT2D eigenvalue weighted by molar-refractivity contribution is 9.10. The molecule has 1 saturated heterocycles. The number of rotatable bonds is 1. The van der Waals surface area contributed by atoms with Crippen molar-refractivity contribution in [1.29, 1.82) is 0 Å². The van der Waals surface area contributed by atoms with Crippen LogP contribution in [0.25, 0.3) is 11.2 Å². The van der Waals surface area contributed by atoms with Gasteiger partial charge in [0.1, 0.15) is 15.9 Å². The molecule has 2 aromatic rings. The van der Waals surface area contributed by atoms with E-state index in [0.717, 1.165) is 42.2 Å². The van der Waals surface area contributed by atoms with Gasteiger partial charge in [-0.1, -0.05) is 0 Å². The second-order valence-corrected chi connectivity index (χ2v) is 4.62. The topological polar surface area (TPSA) is 51.1 Å². The van der Waals surface area contributed by atoms with E-state index >= 15 is 0 Å². The lowest BCUT2D eigenvalue weighted by molar-refractivity contribution is 0.122. The van der Waals surface area contributed by atoms with E-state index in [1.54, 1.807) is 6.20 Å². The maximum absolute atomic E-state index is 5.31. The molecule has 0 spiro atoms. The molecule has 0 radical (unpaired) electrons. The Morgan fingerprint density at radius 3 is 2.82 bits per heavy atom. The molecule has 88 valence electrons. The first-order valence-electron chi connectivity index (χ1n) is 5.45. The van der Waals surface area contributed by atoms with E-state index in [1.807, 2.05) is 12.1 Å². The van der Waals surface area contributed by atoms with Gasteiger partial charge in [-0.25, -0.2) is 15.0 Å². The van der Waals surface area contributed by atoms with Crippen molar-refractivity contribution >= 4 is 32.9 Å². The van der Waals surface area contributed by atoms with Crippen molar-refractivity contribution in [3.05, 3.63) is 22.9 Å². The molecule has 0 saturated carbocycles. The fraction of sp³-hybridized carbons (Fsp3) is 0.364. The van der Waals surface area contributed by atoms with Gasteiger partial charge in [-0.3, -0.25) is 0 Å². The van der Waals surface area contributed by atoms with Crippen LogP contribution in [-0.4, -0.2) is 41.3 Å². The molecule has 6 heteroatoms. The van der Waals surface area contributed by atoms with Crippen molar-refractivity contribution in [2.45, 2.75) is 0 Å². The fourth-order valence-corrected chi connectivity index (χ4v) is 2.11. The first-order chi connectivity index (χ1) is 8.33. The molecule has 0 N–H and O–H groups in total. The molecule has 0 aliphatic carbocycles. The highest BCUT2D eigenvalue weighted by atomic mass is 79.9. The standard InChI is InChI=1S/C11H11BrN4O/c12-9-2-1-8-11(14-9)15-10(7-13-8)16-3-5-17-6-4-16/h1-2,7H,3-6H2. The lowest BCUT2D eigenvalue weighted by Gasteiger charge is -2.27. The van der Waals surface area contributed by atoms with Crippen LogP contribution in [0.4, 0.5) is 5.82 Å². The van der Waals surface area contributed by atoms with E-state index < -0.39 is 0 Å². The third-order valence-corrected chi connectivity index (χ3v) is 3.14. The molecule has 0 aromatic carbocycles. The van der Waals surface area contributed by atoms with Crippen LogP contribution in [0.5, 0.6) is 0 Å².